The van der Waals surface area contributed by atoms with Crippen molar-refractivity contribution in [1.82, 2.24) is 5.32 Å². The summed E-state index contributed by atoms with van der Waals surface area (Å²) in [6.45, 7) is 2.10. The molecule has 3 nitrogen and oxygen atoms in total. The zero-order valence-corrected chi connectivity index (χ0v) is 12.0. The highest BCUT2D eigenvalue weighted by Gasteiger charge is 2.10. The number of nitrogens with one attached hydrogen (secondary N) is 1. The zero-order valence-electron chi connectivity index (χ0n) is 11.2. The van der Waals surface area contributed by atoms with Gasteiger partial charge >= 0.3 is 0 Å². The van der Waals surface area contributed by atoms with Crippen LogP contribution in [-0.4, -0.2) is 5.17 Å². The van der Waals surface area contributed by atoms with Crippen LogP contribution in [0.25, 0.3) is 0 Å². The van der Waals surface area contributed by atoms with E-state index in [0.717, 1.165) is 5.69 Å². The van der Waals surface area contributed by atoms with Gasteiger partial charge in [0.1, 0.15) is 0 Å². The molecule has 0 bridgehead atoms. The van der Waals surface area contributed by atoms with Crippen LogP contribution in [0.4, 0.5) is 5.69 Å². The lowest BCUT2D eigenvalue weighted by Gasteiger charge is -2.12. The number of hydrogen-bond donors (Lipinski definition) is 1. The first-order valence-electron chi connectivity index (χ1n) is 6.30. The number of para-hydroxylation sites is 1. The molecule has 1 N–H and O–H groups in total. The SMILES string of the molecule is C[C@@H](SC(=Nc1ccccc1)NC#N)c1ccccc1. The summed E-state index contributed by atoms with van der Waals surface area (Å²) in [4.78, 5) is 4.46. The maximum absolute atomic E-state index is 8.84. The molecule has 0 aromatic heterocycles. The fraction of sp³-hybridized carbons (Fsp3) is 0.125. The molecule has 0 aliphatic heterocycles. The number of thioether (sulfide) groups is 1. The van der Waals surface area contributed by atoms with E-state index in [9.17, 15) is 0 Å². The molecule has 1 atom stereocenters. The van der Waals surface area contributed by atoms with Gasteiger partial charge in [0, 0.05) is 5.25 Å². The Morgan fingerprint density at radius 3 is 2.30 bits per heavy atom. The van der Waals surface area contributed by atoms with E-state index >= 15 is 0 Å². The van der Waals surface area contributed by atoms with E-state index in [1.165, 1.54) is 17.3 Å². The Morgan fingerprint density at radius 1 is 1.10 bits per heavy atom. The Balaban J connectivity index is 2.14. The smallest absolute Gasteiger partial charge is 0.183 e. The molecule has 0 saturated heterocycles. The van der Waals surface area contributed by atoms with Gasteiger partial charge in [-0.1, -0.05) is 60.3 Å². The van der Waals surface area contributed by atoms with Gasteiger partial charge in [0.25, 0.3) is 0 Å². The molecule has 0 heterocycles. The first-order valence-corrected chi connectivity index (χ1v) is 7.18. The fourth-order valence-electron chi connectivity index (χ4n) is 1.71. The van der Waals surface area contributed by atoms with Crippen LogP contribution >= 0.6 is 11.8 Å². The molecule has 0 aliphatic rings. The van der Waals surface area contributed by atoms with Crippen LogP contribution in [0.5, 0.6) is 0 Å². The second kappa shape index (κ2) is 7.37. The van der Waals surface area contributed by atoms with Crippen LogP contribution in [-0.2, 0) is 0 Å². The highest BCUT2D eigenvalue weighted by molar-refractivity contribution is 8.14. The summed E-state index contributed by atoms with van der Waals surface area (Å²) < 4.78 is 0. The highest BCUT2D eigenvalue weighted by atomic mass is 32.2. The van der Waals surface area contributed by atoms with Crippen molar-refractivity contribution in [2.75, 3.05) is 0 Å². The molecule has 20 heavy (non-hydrogen) atoms. The van der Waals surface area contributed by atoms with Gasteiger partial charge in [-0.25, -0.2) is 4.99 Å². The predicted octanol–water partition coefficient (Wildman–Crippen LogP) is 4.24. The summed E-state index contributed by atoms with van der Waals surface area (Å²) in [6.07, 6.45) is 1.94. The number of benzene rings is 2. The van der Waals surface area contributed by atoms with Crippen LogP contribution in [0.2, 0.25) is 0 Å². The molecule has 4 heteroatoms. The fourth-order valence-corrected chi connectivity index (χ4v) is 2.60. The van der Waals surface area contributed by atoms with Gasteiger partial charge in [-0.05, 0) is 24.6 Å². The first-order chi connectivity index (χ1) is 9.79. The second-order valence-corrected chi connectivity index (χ2v) is 5.49. The Bertz CT molecular complexity index is 603. The van der Waals surface area contributed by atoms with E-state index in [1.54, 1.807) is 0 Å². The zero-order chi connectivity index (χ0) is 14.2. The minimum atomic E-state index is 0.222. The van der Waals surface area contributed by atoms with Gasteiger partial charge < -0.3 is 0 Å². The molecule has 0 amide bonds. The van der Waals surface area contributed by atoms with E-state index in [0.29, 0.717) is 5.17 Å². The standard InChI is InChI=1S/C16H15N3S/c1-13(14-8-4-2-5-9-14)20-16(18-12-17)19-15-10-6-3-7-11-15/h2-11,13H,1H3,(H,18,19)/t13-/m1/s1. The lowest BCUT2D eigenvalue weighted by Crippen LogP contribution is -2.14. The van der Waals surface area contributed by atoms with Crippen molar-refractivity contribution in [3.63, 3.8) is 0 Å². The molecule has 0 unspecified atom stereocenters. The number of nitrogens with zero attached hydrogens (tertiary/aromatic N) is 2. The van der Waals surface area contributed by atoms with E-state index in [-0.39, 0.29) is 5.25 Å². The lowest BCUT2D eigenvalue weighted by atomic mass is 10.2. The summed E-state index contributed by atoms with van der Waals surface area (Å²) in [5.74, 6) is 0. The molecular weight excluding hydrogens is 266 g/mol. The second-order valence-electron chi connectivity index (χ2n) is 4.16. The summed E-state index contributed by atoms with van der Waals surface area (Å²) >= 11 is 1.53. The lowest BCUT2D eigenvalue weighted by molar-refractivity contribution is 1.10. The molecule has 0 aliphatic carbocycles. The molecule has 0 fully saturated rings. The van der Waals surface area contributed by atoms with Gasteiger partial charge in [-0.3, -0.25) is 5.32 Å². The molecule has 2 aromatic rings. The van der Waals surface area contributed by atoms with E-state index in [4.69, 9.17) is 5.26 Å². The van der Waals surface area contributed by atoms with Crippen LogP contribution < -0.4 is 5.32 Å². The minimum Gasteiger partial charge on any atom is -0.271 e. The molecule has 2 rings (SSSR count). The van der Waals surface area contributed by atoms with Crippen LogP contribution in [0, 0.1) is 11.5 Å². The van der Waals surface area contributed by atoms with Crippen LogP contribution in [0.1, 0.15) is 17.7 Å². The maximum atomic E-state index is 8.84. The Labute approximate surface area is 123 Å². The maximum Gasteiger partial charge on any atom is 0.183 e. The van der Waals surface area contributed by atoms with Crippen molar-refractivity contribution in [3.8, 4) is 6.19 Å². The molecular formula is C16H15N3S. The van der Waals surface area contributed by atoms with Gasteiger partial charge in [-0.15, -0.1) is 0 Å². The Morgan fingerprint density at radius 2 is 1.70 bits per heavy atom. The third-order valence-electron chi connectivity index (χ3n) is 2.71. The van der Waals surface area contributed by atoms with Gasteiger partial charge in [0.2, 0.25) is 0 Å². The average molecular weight is 281 g/mol. The van der Waals surface area contributed by atoms with Crippen LogP contribution in [0.15, 0.2) is 65.7 Å². The Hall–Kier alpha value is -2.25. The first kappa shape index (κ1) is 14.2. The average Bonchev–Trinajstić information content (AvgIpc) is 2.49. The predicted molar refractivity (Wildman–Crippen MR) is 84.7 cm³/mol. The largest absolute Gasteiger partial charge is 0.271 e. The summed E-state index contributed by atoms with van der Waals surface area (Å²) in [6, 6.07) is 19.8. The summed E-state index contributed by atoms with van der Waals surface area (Å²) in [5.41, 5.74) is 2.04. The van der Waals surface area contributed by atoms with Gasteiger partial charge in [0.15, 0.2) is 11.4 Å². The molecule has 0 spiro atoms. The third kappa shape index (κ3) is 4.15. The number of nitriles is 1. The number of amidine groups is 1. The Kier molecular flexibility index (Phi) is 5.22. The van der Waals surface area contributed by atoms with E-state index in [1.807, 2.05) is 54.7 Å². The third-order valence-corrected chi connectivity index (χ3v) is 3.75. The van der Waals surface area contributed by atoms with Crippen molar-refractivity contribution in [2.24, 2.45) is 4.99 Å². The number of aliphatic imine (C=N–C) groups is 1. The van der Waals surface area contributed by atoms with E-state index in [2.05, 4.69) is 29.4 Å². The molecule has 0 saturated carbocycles. The van der Waals surface area contributed by atoms with Crippen LogP contribution in [0.3, 0.4) is 0 Å². The van der Waals surface area contributed by atoms with Crippen molar-refractivity contribution >= 4 is 22.6 Å². The highest BCUT2D eigenvalue weighted by Crippen LogP contribution is 2.29. The number of rotatable bonds is 3. The number of hydrogen-bond acceptors (Lipinski definition) is 3. The van der Waals surface area contributed by atoms with Gasteiger partial charge in [-0.2, -0.15) is 5.26 Å². The molecule has 0 radical (unpaired) electrons. The van der Waals surface area contributed by atoms with Crippen molar-refractivity contribution < 1.29 is 0 Å². The molecule has 100 valence electrons. The quantitative estimate of drug-likeness (QED) is 0.396. The van der Waals surface area contributed by atoms with Crippen molar-refractivity contribution in [1.29, 1.82) is 5.26 Å². The normalized spacial score (nSPS) is 12.5. The summed E-state index contributed by atoms with van der Waals surface area (Å²) in [7, 11) is 0. The topological polar surface area (TPSA) is 48.2 Å². The van der Waals surface area contributed by atoms with E-state index < -0.39 is 0 Å². The van der Waals surface area contributed by atoms with Crippen molar-refractivity contribution in [2.45, 2.75) is 12.2 Å². The van der Waals surface area contributed by atoms with Crippen molar-refractivity contribution in [3.05, 3.63) is 66.2 Å². The monoisotopic (exact) mass is 281 g/mol. The molecule has 2 aromatic carbocycles. The minimum absolute atomic E-state index is 0.222. The van der Waals surface area contributed by atoms with Gasteiger partial charge in [0.05, 0.1) is 5.69 Å². The summed E-state index contributed by atoms with van der Waals surface area (Å²) in [5, 5.41) is 12.3.